The van der Waals surface area contributed by atoms with E-state index in [4.69, 9.17) is 0 Å². The zero-order chi connectivity index (χ0) is 11.9. The zero-order valence-corrected chi connectivity index (χ0v) is 9.25. The zero-order valence-electron chi connectivity index (χ0n) is 6.85. The first-order chi connectivity index (χ1) is 6.60. The number of benzene rings is 1. The molecule has 0 heterocycles. The molecule has 0 aromatic heterocycles. The lowest BCUT2D eigenvalue weighted by Crippen LogP contribution is -2.06. The Hall–Kier alpha value is -0.630. The van der Waals surface area contributed by atoms with Crippen LogP contribution in [0.5, 0.6) is 0 Å². The van der Waals surface area contributed by atoms with E-state index >= 15 is 0 Å². The van der Waals surface area contributed by atoms with Crippen LogP contribution in [0.3, 0.4) is 0 Å². The van der Waals surface area contributed by atoms with Gasteiger partial charge in [-0.25, -0.2) is 0 Å². The fourth-order valence-electron chi connectivity index (χ4n) is 0.867. The Labute approximate surface area is 91.2 Å². The maximum atomic E-state index is 12.5. The number of rotatable bonds is 1. The first kappa shape index (κ1) is 12.4. The van der Waals surface area contributed by atoms with E-state index in [-0.39, 0.29) is 10.5 Å². The molecule has 0 radical (unpaired) electrons. The Bertz CT molecular complexity index is 480. The normalized spacial score (nSPS) is 12.9. The summed E-state index contributed by atoms with van der Waals surface area (Å²) >= 11 is 2.67. The van der Waals surface area contributed by atoms with Gasteiger partial charge in [-0.2, -0.15) is 21.6 Å². The molecule has 84 valence electrons. The highest BCUT2D eigenvalue weighted by atomic mass is 79.9. The van der Waals surface area contributed by atoms with Gasteiger partial charge in [0.15, 0.2) is 0 Å². The molecule has 2 nitrogen and oxygen atoms in total. The monoisotopic (exact) mass is 306 g/mol. The lowest BCUT2D eigenvalue weighted by molar-refractivity contribution is -0.137. The van der Waals surface area contributed by atoms with E-state index in [1.807, 2.05) is 0 Å². The average Bonchev–Trinajstić information content (AvgIpc) is 1.99. The molecular formula is C7H3BrF4O2S. The number of alkyl halides is 3. The van der Waals surface area contributed by atoms with Gasteiger partial charge in [-0.1, -0.05) is 15.9 Å². The Morgan fingerprint density at radius 3 is 2.07 bits per heavy atom. The van der Waals surface area contributed by atoms with Crippen molar-refractivity contribution in [3.8, 4) is 0 Å². The highest BCUT2D eigenvalue weighted by molar-refractivity contribution is 9.10. The molecule has 0 N–H and O–H groups in total. The van der Waals surface area contributed by atoms with Crippen LogP contribution >= 0.6 is 15.9 Å². The maximum absolute atomic E-state index is 12.5. The van der Waals surface area contributed by atoms with Crippen LogP contribution in [-0.2, 0) is 16.4 Å². The van der Waals surface area contributed by atoms with E-state index in [0.717, 1.165) is 6.07 Å². The van der Waals surface area contributed by atoms with Crippen LogP contribution in [0.4, 0.5) is 17.1 Å². The van der Waals surface area contributed by atoms with Crippen LogP contribution in [0.15, 0.2) is 27.6 Å². The topological polar surface area (TPSA) is 34.1 Å². The Kier molecular flexibility index (Phi) is 3.11. The van der Waals surface area contributed by atoms with Gasteiger partial charge in [0.25, 0.3) is 0 Å². The van der Waals surface area contributed by atoms with Crippen molar-refractivity contribution in [2.24, 2.45) is 0 Å². The summed E-state index contributed by atoms with van der Waals surface area (Å²) in [5.74, 6) is 0. The molecule has 0 spiro atoms. The van der Waals surface area contributed by atoms with Crippen LogP contribution in [0, 0.1) is 0 Å². The van der Waals surface area contributed by atoms with E-state index in [1.54, 1.807) is 0 Å². The fourth-order valence-corrected chi connectivity index (χ4v) is 2.05. The van der Waals surface area contributed by atoms with Crippen molar-refractivity contribution in [2.75, 3.05) is 0 Å². The minimum absolute atomic E-state index is 0.159. The predicted octanol–water partition coefficient (Wildman–Crippen LogP) is 3.13. The van der Waals surface area contributed by atoms with Crippen molar-refractivity contribution in [3.63, 3.8) is 0 Å². The average molecular weight is 307 g/mol. The summed E-state index contributed by atoms with van der Waals surface area (Å²) in [4.78, 5) is -1.02. The second kappa shape index (κ2) is 3.75. The molecule has 0 saturated heterocycles. The van der Waals surface area contributed by atoms with Crippen LogP contribution in [0.2, 0.25) is 0 Å². The quantitative estimate of drug-likeness (QED) is 0.590. The van der Waals surface area contributed by atoms with E-state index in [9.17, 15) is 25.5 Å². The van der Waals surface area contributed by atoms with Gasteiger partial charge in [0.1, 0.15) is 4.90 Å². The highest BCUT2D eigenvalue weighted by Gasteiger charge is 2.32. The summed E-state index contributed by atoms with van der Waals surface area (Å²) in [5.41, 5.74) is -1.23. The minimum atomic E-state index is -5.14. The third-order valence-corrected chi connectivity index (χ3v) is 2.74. The van der Waals surface area contributed by atoms with E-state index in [2.05, 4.69) is 15.9 Å². The van der Waals surface area contributed by atoms with Gasteiger partial charge in [-0.3, -0.25) is 0 Å². The lowest BCUT2D eigenvalue weighted by atomic mass is 10.2. The lowest BCUT2D eigenvalue weighted by Gasteiger charge is -2.07. The van der Waals surface area contributed by atoms with E-state index in [0.29, 0.717) is 6.07 Å². The second-order valence-corrected chi connectivity index (χ2v) is 4.87. The molecule has 0 amide bonds. The first-order valence-corrected chi connectivity index (χ1v) is 5.61. The van der Waals surface area contributed by atoms with Gasteiger partial charge in [-0.15, -0.1) is 3.89 Å². The Morgan fingerprint density at radius 1 is 1.13 bits per heavy atom. The summed E-state index contributed by atoms with van der Waals surface area (Å²) in [6.07, 6.45) is -4.72. The molecule has 1 rings (SSSR count). The summed E-state index contributed by atoms with van der Waals surface area (Å²) < 4.78 is 69.7. The van der Waals surface area contributed by atoms with Crippen LogP contribution < -0.4 is 0 Å². The largest absolute Gasteiger partial charge is 0.416 e. The molecule has 0 aliphatic heterocycles. The first-order valence-electron chi connectivity index (χ1n) is 3.43. The van der Waals surface area contributed by atoms with E-state index in [1.165, 1.54) is 0 Å². The third kappa shape index (κ3) is 3.16. The molecule has 1 aromatic carbocycles. The SMILES string of the molecule is O=S(=O)(F)c1cc(Br)cc(C(F)(F)F)c1. The standard InChI is InChI=1S/C7H3BrF4O2S/c8-5-1-4(7(9,10)11)2-6(3-5)15(12,13)14/h1-3H. The molecule has 0 aliphatic carbocycles. The highest BCUT2D eigenvalue weighted by Crippen LogP contribution is 2.33. The van der Waals surface area contributed by atoms with Gasteiger partial charge in [0, 0.05) is 4.47 Å². The molecule has 0 atom stereocenters. The van der Waals surface area contributed by atoms with Gasteiger partial charge < -0.3 is 0 Å². The molecule has 0 aliphatic rings. The molecule has 8 heteroatoms. The van der Waals surface area contributed by atoms with Gasteiger partial charge in [0.05, 0.1) is 5.56 Å². The van der Waals surface area contributed by atoms with Crippen molar-refractivity contribution in [3.05, 3.63) is 28.2 Å². The fraction of sp³-hybridized carbons (Fsp3) is 0.143. The molecule has 0 fully saturated rings. The molecule has 0 saturated carbocycles. The summed E-state index contributed by atoms with van der Waals surface area (Å²) in [7, 11) is -5.14. The van der Waals surface area contributed by atoms with Crippen molar-refractivity contribution >= 4 is 26.2 Å². The second-order valence-electron chi connectivity index (χ2n) is 2.61. The van der Waals surface area contributed by atoms with E-state index < -0.39 is 26.9 Å². The van der Waals surface area contributed by atoms with Crippen LogP contribution in [0.1, 0.15) is 5.56 Å². The number of hydrogen-bond donors (Lipinski definition) is 0. The molecule has 1 aromatic rings. The molecule has 0 unspecified atom stereocenters. The Morgan fingerprint density at radius 2 is 1.67 bits per heavy atom. The smallest absolute Gasteiger partial charge is 0.189 e. The number of hydrogen-bond acceptors (Lipinski definition) is 2. The molecule has 15 heavy (non-hydrogen) atoms. The van der Waals surface area contributed by atoms with Crippen LogP contribution in [-0.4, -0.2) is 8.42 Å². The van der Waals surface area contributed by atoms with Crippen molar-refractivity contribution < 1.29 is 25.5 Å². The van der Waals surface area contributed by atoms with Crippen molar-refractivity contribution in [2.45, 2.75) is 11.1 Å². The van der Waals surface area contributed by atoms with Crippen molar-refractivity contribution in [1.82, 2.24) is 0 Å². The van der Waals surface area contributed by atoms with Crippen LogP contribution in [0.25, 0.3) is 0 Å². The molecule has 0 bridgehead atoms. The maximum Gasteiger partial charge on any atom is 0.416 e. The summed E-state index contributed by atoms with van der Waals surface area (Å²) in [5, 5.41) is 0. The predicted molar refractivity (Wildman–Crippen MR) is 47.4 cm³/mol. The minimum Gasteiger partial charge on any atom is -0.189 e. The van der Waals surface area contributed by atoms with Gasteiger partial charge in [0.2, 0.25) is 0 Å². The molecular weight excluding hydrogens is 304 g/mol. The summed E-state index contributed by atoms with van der Waals surface area (Å²) in [6.45, 7) is 0. The Balaban J connectivity index is 3.43. The van der Waals surface area contributed by atoms with Gasteiger partial charge in [-0.05, 0) is 18.2 Å². The number of halogens is 5. The van der Waals surface area contributed by atoms with Gasteiger partial charge >= 0.3 is 16.4 Å². The van der Waals surface area contributed by atoms with Crippen molar-refractivity contribution in [1.29, 1.82) is 0 Å². The third-order valence-electron chi connectivity index (χ3n) is 1.48. The summed E-state index contributed by atoms with van der Waals surface area (Å²) in [6, 6.07) is 1.65.